The average molecular weight is 246 g/mol. The van der Waals surface area contributed by atoms with Crippen LogP contribution in [0.1, 0.15) is 50.8 Å². The van der Waals surface area contributed by atoms with Crippen LogP contribution in [0.3, 0.4) is 0 Å². The first-order valence-electron chi connectivity index (χ1n) is 7.16. The zero-order chi connectivity index (χ0) is 12.5. The van der Waals surface area contributed by atoms with Gasteiger partial charge < -0.3 is 10.0 Å². The number of anilines is 1. The van der Waals surface area contributed by atoms with Gasteiger partial charge in [0.15, 0.2) is 0 Å². The molecule has 1 aromatic heterocycles. The Morgan fingerprint density at radius 3 is 2.83 bits per heavy atom. The molecule has 2 fully saturated rings. The van der Waals surface area contributed by atoms with Crippen molar-refractivity contribution in [2.45, 2.75) is 51.2 Å². The molecule has 0 bridgehead atoms. The van der Waals surface area contributed by atoms with Crippen LogP contribution >= 0.6 is 0 Å². The van der Waals surface area contributed by atoms with Gasteiger partial charge in [0.1, 0.15) is 0 Å². The van der Waals surface area contributed by atoms with Crippen LogP contribution in [0.4, 0.5) is 5.69 Å². The highest BCUT2D eigenvalue weighted by molar-refractivity contribution is 5.47. The molecule has 1 N–H and O–H groups in total. The van der Waals surface area contributed by atoms with E-state index in [4.69, 9.17) is 0 Å². The lowest BCUT2D eigenvalue weighted by Gasteiger charge is -2.39. The van der Waals surface area contributed by atoms with Crippen molar-refractivity contribution in [2.24, 2.45) is 5.92 Å². The fourth-order valence-electron chi connectivity index (χ4n) is 3.59. The summed E-state index contributed by atoms with van der Waals surface area (Å²) in [7, 11) is 0. The lowest BCUT2D eigenvalue weighted by atomic mass is 9.91. The smallest absolute Gasteiger partial charge is 0.0931 e. The van der Waals surface area contributed by atoms with E-state index in [0.29, 0.717) is 0 Å². The van der Waals surface area contributed by atoms with Crippen molar-refractivity contribution in [2.75, 3.05) is 11.4 Å². The number of rotatable bonds is 2. The van der Waals surface area contributed by atoms with Gasteiger partial charge in [-0.25, -0.2) is 0 Å². The van der Waals surface area contributed by atoms with E-state index >= 15 is 0 Å². The highest BCUT2D eigenvalue weighted by Crippen LogP contribution is 2.38. The first-order valence-corrected chi connectivity index (χ1v) is 7.16. The highest BCUT2D eigenvalue weighted by Gasteiger charge is 2.35. The summed E-state index contributed by atoms with van der Waals surface area (Å²) >= 11 is 0. The van der Waals surface area contributed by atoms with Gasteiger partial charge in [-0.15, -0.1) is 0 Å². The number of nitrogens with zero attached hydrogens (tertiary/aromatic N) is 2. The third kappa shape index (κ3) is 2.12. The van der Waals surface area contributed by atoms with E-state index in [0.717, 1.165) is 24.2 Å². The van der Waals surface area contributed by atoms with Crippen LogP contribution in [0.5, 0.6) is 0 Å². The van der Waals surface area contributed by atoms with Gasteiger partial charge in [-0.2, -0.15) is 0 Å². The third-order valence-electron chi connectivity index (χ3n) is 4.52. The zero-order valence-corrected chi connectivity index (χ0v) is 11.0. The molecule has 0 aromatic carbocycles. The number of hydrogen-bond donors (Lipinski definition) is 1. The second kappa shape index (κ2) is 4.88. The molecular formula is C15H22N2O. The Morgan fingerprint density at radius 1 is 1.28 bits per heavy atom. The van der Waals surface area contributed by atoms with Crippen molar-refractivity contribution in [3.8, 4) is 0 Å². The summed E-state index contributed by atoms with van der Waals surface area (Å²) in [4.78, 5) is 6.92. The molecule has 0 amide bonds. The summed E-state index contributed by atoms with van der Waals surface area (Å²) in [6, 6.07) is 4.81. The van der Waals surface area contributed by atoms with E-state index in [1.165, 1.54) is 37.8 Å². The van der Waals surface area contributed by atoms with Gasteiger partial charge in [0.2, 0.25) is 0 Å². The minimum Gasteiger partial charge on any atom is -0.387 e. The second-order valence-corrected chi connectivity index (χ2v) is 5.71. The molecule has 98 valence electrons. The Hall–Kier alpha value is -1.09. The van der Waals surface area contributed by atoms with Crippen LogP contribution < -0.4 is 4.90 Å². The van der Waals surface area contributed by atoms with Crippen molar-refractivity contribution in [3.63, 3.8) is 0 Å². The Kier molecular flexibility index (Phi) is 3.25. The quantitative estimate of drug-likeness (QED) is 0.871. The minimum absolute atomic E-state index is 0.473. The van der Waals surface area contributed by atoms with Crippen molar-refractivity contribution >= 4 is 5.69 Å². The SMILES string of the molecule is C[C@H](O)c1ccc(N2CCCC3CCCC32)cn1. The molecule has 2 unspecified atom stereocenters. The molecule has 2 aliphatic rings. The normalized spacial score (nSPS) is 29.1. The molecule has 3 atom stereocenters. The van der Waals surface area contributed by atoms with Crippen molar-refractivity contribution in [1.29, 1.82) is 0 Å². The van der Waals surface area contributed by atoms with Gasteiger partial charge >= 0.3 is 0 Å². The third-order valence-corrected chi connectivity index (χ3v) is 4.52. The van der Waals surface area contributed by atoms with E-state index in [1.807, 2.05) is 12.3 Å². The molecule has 1 aromatic rings. The topological polar surface area (TPSA) is 36.4 Å². The minimum atomic E-state index is -0.473. The maximum atomic E-state index is 9.50. The Labute approximate surface area is 109 Å². The number of piperidine rings is 1. The van der Waals surface area contributed by atoms with Gasteiger partial charge in [0.05, 0.1) is 23.7 Å². The lowest BCUT2D eigenvalue weighted by molar-refractivity contribution is 0.194. The largest absolute Gasteiger partial charge is 0.387 e. The van der Waals surface area contributed by atoms with E-state index in [2.05, 4.69) is 16.0 Å². The second-order valence-electron chi connectivity index (χ2n) is 5.71. The fourth-order valence-corrected chi connectivity index (χ4v) is 3.59. The number of hydrogen-bond acceptors (Lipinski definition) is 3. The maximum Gasteiger partial charge on any atom is 0.0931 e. The summed E-state index contributed by atoms with van der Waals surface area (Å²) in [5.41, 5.74) is 2.00. The Balaban J connectivity index is 1.80. The monoisotopic (exact) mass is 246 g/mol. The maximum absolute atomic E-state index is 9.50. The first-order chi connectivity index (χ1) is 8.75. The van der Waals surface area contributed by atoms with Crippen LogP contribution in [-0.2, 0) is 0 Å². The van der Waals surface area contributed by atoms with Crippen LogP contribution in [-0.4, -0.2) is 22.7 Å². The van der Waals surface area contributed by atoms with Crippen molar-refractivity contribution in [1.82, 2.24) is 4.98 Å². The van der Waals surface area contributed by atoms with Gasteiger partial charge in [-0.1, -0.05) is 6.42 Å². The summed E-state index contributed by atoms with van der Waals surface area (Å²) in [5, 5.41) is 9.50. The van der Waals surface area contributed by atoms with Crippen molar-refractivity contribution in [3.05, 3.63) is 24.0 Å². The summed E-state index contributed by atoms with van der Waals surface area (Å²) in [6.45, 7) is 2.92. The summed E-state index contributed by atoms with van der Waals surface area (Å²) in [6.07, 6.45) is 8.29. The first kappa shape index (κ1) is 12.0. The predicted octanol–water partition coefficient (Wildman–Crippen LogP) is 2.90. The number of aliphatic hydroxyl groups excluding tert-OH is 1. The molecule has 18 heavy (non-hydrogen) atoms. The Bertz CT molecular complexity index is 401. The fraction of sp³-hybridized carbons (Fsp3) is 0.667. The molecule has 1 aliphatic heterocycles. The molecule has 1 aliphatic carbocycles. The van der Waals surface area contributed by atoms with E-state index in [1.54, 1.807) is 6.92 Å². The molecule has 3 heteroatoms. The van der Waals surface area contributed by atoms with E-state index < -0.39 is 6.10 Å². The average Bonchev–Trinajstić information content (AvgIpc) is 2.87. The lowest BCUT2D eigenvalue weighted by Crippen LogP contribution is -2.42. The van der Waals surface area contributed by atoms with Crippen LogP contribution in [0, 0.1) is 5.92 Å². The zero-order valence-electron chi connectivity index (χ0n) is 11.0. The molecule has 0 spiro atoms. The van der Waals surface area contributed by atoms with E-state index in [9.17, 15) is 5.11 Å². The van der Waals surface area contributed by atoms with Crippen LogP contribution in [0.15, 0.2) is 18.3 Å². The van der Waals surface area contributed by atoms with Crippen LogP contribution in [0.25, 0.3) is 0 Å². The van der Waals surface area contributed by atoms with Gasteiger partial charge in [-0.05, 0) is 50.7 Å². The van der Waals surface area contributed by atoms with Gasteiger partial charge in [0.25, 0.3) is 0 Å². The summed E-state index contributed by atoms with van der Waals surface area (Å²) in [5.74, 6) is 0.898. The summed E-state index contributed by atoms with van der Waals surface area (Å²) < 4.78 is 0. The molecule has 2 heterocycles. The number of pyridine rings is 1. The number of aliphatic hydroxyl groups is 1. The molecular weight excluding hydrogens is 224 g/mol. The highest BCUT2D eigenvalue weighted by atomic mass is 16.3. The number of aromatic nitrogens is 1. The predicted molar refractivity (Wildman–Crippen MR) is 72.6 cm³/mol. The molecule has 3 nitrogen and oxygen atoms in total. The molecule has 1 saturated heterocycles. The van der Waals surface area contributed by atoms with Crippen molar-refractivity contribution < 1.29 is 5.11 Å². The van der Waals surface area contributed by atoms with Gasteiger partial charge in [-0.3, -0.25) is 4.98 Å². The van der Waals surface area contributed by atoms with E-state index in [-0.39, 0.29) is 0 Å². The number of fused-ring (bicyclic) bond motifs is 1. The van der Waals surface area contributed by atoms with Gasteiger partial charge in [0, 0.05) is 12.6 Å². The van der Waals surface area contributed by atoms with Crippen LogP contribution in [0.2, 0.25) is 0 Å². The molecule has 3 rings (SSSR count). The molecule has 0 radical (unpaired) electrons. The Morgan fingerprint density at radius 2 is 2.11 bits per heavy atom. The standard InChI is InChI=1S/C15H22N2O/c1-11(18)14-8-7-13(10-16-14)17-9-3-5-12-4-2-6-15(12)17/h7-8,10-12,15,18H,2-6,9H2,1H3/t11-,12?,15?/m0/s1. The molecule has 1 saturated carbocycles.